The molecule has 2 aliphatic rings. The van der Waals surface area contributed by atoms with E-state index in [0.29, 0.717) is 18.2 Å². The monoisotopic (exact) mass is 389 g/mol. The van der Waals surface area contributed by atoms with Crippen molar-refractivity contribution in [1.29, 1.82) is 0 Å². The van der Waals surface area contributed by atoms with E-state index >= 15 is 0 Å². The molecule has 0 aromatic heterocycles. The van der Waals surface area contributed by atoms with E-state index in [4.69, 9.17) is 10.5 Å². The van der Waals surface area contributed by atoms with Crippen LogP contribution >= 0.6 is 0 Å². The topological polar surface area (TPSA) is 41.7 Å². The molecule has 1 saturated heterocycles. The van der Waals surface area contributed by atoms with Gasteiger partial charge in [0.2, 0.25) is 0 Å². The average Bonchev–Trinajstić information content (AvgIpc) is 3.04. The van der Waals surface area contributed by atoms with Crippen molar-refractivity contribution in [2.45, 2.75) is 58.7 Å². The van der Waals surface area contributed by atoms with Crippen molar-refractivity contribution in [2.24, 2.45) is 0 Å². The molecule has 3 rings (SSSR count). The number of morpholine rings is 1. The van der Waals surface area contributed by atoms with Gasteiger partial charge in [0.1, 0.15) is 12.6 Å². The molecule has 1 unspecified atom stereocenters. The van der Waals surface area contributed by atoms with Gasteiger partial charge in [0.25, 0.3) is 0 Å². The summed E-state index contributed by atoms with van der Waals surface area (Å²) in [5.41, 5.74) is 9.66. The first-order valence-electron chi connectivity index (χ1n) is 11.1. The summed E-state index contributed by atoms with van der Waals surface area (Å²) in [5.74, 6) is 0. The molecule has 0 bridgehead atoms. The van der Waals surface area contributed by atoms with E-state index in [-0.39, 0.29) is 0 Å². The van der Waals surface area contributed by atoms with Gasteiger partial charge in [-0.25, -0.2) is 0 Å². The van der Waals surface area contributed by atoms with Crippen molar-refractivity contribution in [3.05, 3.63) is 23.8 Å². The molecule has 5 heteroatoms. The Balaban J connectivity index is 1.48. The van der Waals surface area contributed by atoms with Gasteiger partial charge < -0.3 is 19.9 Å². The summed E-state index contributed by atoms with van der Waals surface area (Å²) in [5, 5.41) is 0. The normalized spacial score (nSPS) is 21.0. The van der Waals surface area contributed by atoms with Crippen LogP contribution in [0.25, 0.3) is 0 Å². The first kappa shape index (κ1) is 21.4. The highest BCUT2D eigenvalue weighted by Crippen LogP contribution is 2.30. The van der Waals surface area contributed by atoms with E-state index in [1.54, 1.807) is 0 Å². The summed E-state index contributed by atoms with van der Waals surface area (Å²) in [4.78, 5) is 5.12. The minimum absolute atomic E-state index is 0.343. The minimum Gasteiger partial charge on any atom is -0.399 e. The Hall–Kier alpha value is -1.30. The number of fused-ring (bicyclic) bond motifs is 1. The lowest BCUT2D eigenvalue weighted by Crippen LogP contribution is -2.60. The van der Waals surface area contributed by atoms with Crippen LogP contribution < -0.4 is 10.6 Å². The zero-order chi connectivity index (χ0) is 20.3. The maximum Gasteiger partial charge on any atom is 0.119 e. The fraction of sp³-hybridized carbons (Fsp3) is 0.739. The van der Waals surface area contributed by atoms with E-state index < -0.39 is 0 Å². The lowest BCUT2D eigenvalue weighted by Gasteiger charge is -2.46. The summed E-state index contributed by atoms with van der Waals surface area (Å²) in [6.07, 6.45) is 2.69. The quantitative estimate of drug-likeness (QED) is 0.548. The van der Waals surface area contributed by atoms with Crippen LogP contribution in [0.4, 0.5) is 11.4 Å². The average molecular weight is 390 g/mol. The molecule has 2 heterocycles. The zero-order valence-electron chi connectivity index (χ0n) is 18.7. The lowest BCUT2D eigenvalue weighted by molar-refractivity contribution is -0.951. The third-order valence-corrected chi connectivity index (χ3v) is 7.18. The number of nitrogens with two attached hydrogens (primary N) is 1. The van der Waals surface area contributed by atoms with Gasteiger partial charge in [0, 0.05) is 44.1 Å². The van der Waals surface area contributed by atoms with Crippen LogP contribution in [0, 0.1) is 0 Å². The Labute approximate surface area is 172 Å². The molecule has 1 aromatic carbocycles. The summed E-state index contributed by atoms with van der Waals surface area (Å²) in [6.45, 7) is 16.8. The number of quaternary nitrogens is 1. The highest BCUT2D eigenvalue weighted by Gasteiger charge is 2.35. The Morgan fingerprint density at radius 3 is 2.61 bits per heavy atom. The van der Waals surface area contributed by atoms with E-state index in [1.807, 2.05) is 6.07 Å². The number of rotatable bonds is 8. The van der Waals surface area contributed by atoms with Gasteiger partial charge in [-0.05, 0) is 58.2 Å². The number of benzene rings is 1. The smallest absolute Gasteiger partial charge is 0.119 e. The standard InChI is InChI=1S/C23H41N4O/c1-18(2)27(5,19(3)4)17-22-16-25(13-14-28-22)10-6-11-26-12-9-20-7-8-21(24)15-23(20)26/h7-8,15,18-19,22H,6,9-14,16-17,24H2,1-5H3/q+1. The largest absolute Gasteiger partial charge is 0.399 e. The van der Waals surface area contributed by atoms with Crippen LogP contribution in [0.15, 0.2) is 18.2 Å². The van der Waals surface area contributed by atoms with Crippen molar-refractivity contribution < 1.29 is 9.22 Å². The molecule has 1 atom stereocenters. The molecule has 0 amide bonds. The summed E-state index contributed by atoms with van der Waals surface area (Å²) in [7, 11) is 2.38. The SMILES string of the molecule is CC(C)[N+](C)(CC1CN(CCCN2CCc3ccc(N)cc32)CCO1)C(C)C. The molecule has 158 valence electrons. The van der Waals surface area contributed by atoms with Crippen LogP contribution in [0.5, 0.6) is 0 Å². The van der Waals surface area contributed by atoms with Gasteiger partial charge in [-0.3, -0.25) is 4.90 Å². The minimum atomic E-state index is 0.343. The molecule has 1 fully saturated rings. The summed E-state index contributed by atoms with van der Waals surface area (Å²) < 4.78 is 7.24. The molecule has 28 heavy (non-hydrogen) atoms. The molecular formula is C23H41N4O+. The van der Waals surface area contributed by atoms with Crippen molar-refractivity contribution in [1.82, 2.24) is 4.90 Å². The number of hydrogen-bond acceptors (Lipinski definition) is 4. The Bertz CT molecular complexity index is 637. The van der Waals surface area contributed by atoms with E-state index in [1.165, 1.54) is 17.7 Å². The number of hydrogen-bond donors (Lipinski definition) is 1. The second-order valence-electron chi connectivity index (χ2n) is 9.49. The maximum absolute atomic E-state index is 6.16. The highest BCUT2D eigenvalue weighted by molar-refractivity contribution is 5.64. The van der Waals surface area contributed by atoms with Crippen molar-refractivity contribution in [3.8, 4) is 0 Å². The molecular weight excluding hydrogens is 348 g/mol. The predicted molar refractivity (Wildman–Crippen MR) is 119 cm³/mol. The maximum atomic E-state index is 6.16. The molecule has 0 aliphatic carbocycles. The van der Waals surface area contributed by atoms with Gasteiger partial charge in [-0.1, -0.05) is 6.07 Å². The number of likely N-dealkylation sites (N-methyl/N-ethyl adjacent to an activating group) is 1. The molecule has 0 radical (unpaired) electrons. The fourth-order valence-corrected chi connectivity index (χ4v) is 4.73. The second kappa shape index (κ2) is 9.02. The van der Waals surface area contributed by atoms with Gasteiger partial charge in [-0.2, -0.15) is 0 Å². The number of nitrogen functional groups attached to an aromatic ring is 1. The van der Waals surface area contributed by atoms with Crippen molar-refractivity contribution in [2.75, 3.05) is 63.6 Å². The first-order chi connectivity index (χ1) is 13.3. The van der Waals surface area contributed by atoms with Gasteiger partial charge >= 0.3 is 0 Å². The Morgan fingerprint density at radius 2 is 1.89 bits per heavy atom. The number of nitrogens with zero attached hydrogens (tertiary/aromatic N) is 3. The van der Waals surface area contributed by atoms with E-state index in [2.05, 4.69) is 56.7 Å². The zero-order valence-corrected chi connectivity index (χ0v) is 18.7. The van der Waals surface area contributed by atoms with Crippen LogP contribution in [0.3, 0.4) is 0 Å². The number of anilines is 2. The predicted octanol–water partition coefficient (Wildman–Crippen LogP) is 2.99. The first-order valence-corrected chi connectivity index (χ1v) is 11.1. The summed E-state index contributed by atoms with van der Waals surface area (Å²) in [6, 6.07) is 7.58. The lowest BCUT2D eigenvalue weighted by atomic mass is 10.1. The summed E-state index contributed by atoms with van der Waals surface area (Å²) >= 11 is 0. The molecule has 0 saturated carbocycles. The van der Waals surface area contributed by atoms with Gasteiger partial charge in [-0.15, -0.1) is 0 Å². The van der Waals surface area contributed by atoms with Crippen LogP contribution in [0.2, 0.25) is 0 Å². The van der Waals surface area contributed by atoms with E-state index in [0.717, 1.165) is 62.5 Å². The molecule has 1 aromatic rings. The molecule has 0 spiro atoms. The highest BCUT2D eigenvalue weighted by atomic mass is 16.5. The van der Waals surface area contributed by atoms with Crippen LogP contribution in [0.1, 0.15) is 39.7 Å². The Morgan fingerprint density at radius 1 is 1.14 bits per heavy atom. The van der Waals surface area contributed by atoms with E-state index in [9.17, 15) is 0 Å². The molecule has 2 aliphatic heterocycles. The van der Waals surface area contributed by atoms with Crippen molar-refractivity contribution >= 4 is 11.4 Å². The van der Waals surface area contributed by atoms with Crippen molar-refractivity contribution in [3.63, 3.8) is 0 Å². The van der Waals surface area contributed by atoms with Gasteiger partial charge in [0.05, 0.1) is 25.7 Å². The third-order valence-electron chi connectivity index (χ3n) is 7.18. The third kappa shape index (κ3) is 4.81. The van der Waals surface area contributed by atoms with Gasteiger partial charge in [0.15, 0.2) is 0 Å². The Kier molecular flexibility index (Phi) is 6.89. The van der Waals surface area contributed by atoms with Crippen LogP contribution in [-0.4, -0.2) is 80.5 Å². The molecule has 2 N–H and O–H groups in total. The number of ether oxygens (including phenoxy) is 1. The van der Waals surface area contributed by atoms with Crippen LogP contribution in [-0.2, 0) is 11.2 Å². The second-order valence-corrected chi connectivity index (χ2v) is 9.49. The molecule has 5 nitrogen and oxygen atoms in total. The fourth-order valence-electron chi connectivity index (χ4n) is 4.73.